The summed E-state index contributed by atoms with van der Waals surface area (Å²) in [4.78, 5) is 26.8. The van der Waals surface area contributed by atoms with E-state index in [4.69, 9.17) is 9.15 Å². The van der Waals surface area contributed by atoms with E-state index in [1.807, 2.05) is 35.8 Å². The number of furan rings is 1. The molecular formula is C16H15N3O5S. The smallest absolute Gasteiger partial charge is 0.395 e. The number of nitrogens with zero attached hydrogens (tertiary/aromatic N) is 3. The highest BCUT2D eigenvalue weighted by atomic mass is 32.1. The van der Waals surface area contributed by atoms with Crippen LogP contribution in [0.1, 0.15) is 17.5 Å². The van der Waals surface area contributed by atoms with E-state index in [1.54, 1.807) is 0 Å². The number of fused-ring (bicyclic) bond motifs is 1. The van der Waals surface area contributed by atoms with Gasteiger partial charge in [0.1, 0.15) is 4.92 Å². The Morgan fingerprint density at radius 1 is 1.36 bits per heavy atom. The monoisotopic (exact) mass is 361 g/mol. The van der Waals surface area contributed by atoms with Crippen LogP contribution in [0.4, 0.5) is 5.88 Å². The van der Waals surface area contributed by atoms with Crippen LogP contribution < -0.4 is 4.80 Å². The quantitative estimate of drug-likeness (QED) is 0.382. The van der Waals surface area contributed by atoms with Gasteiger partial charge in [-0.1, -0.05) is 23.5 Å². The van der Waals surface area contributed by atoms with Crippen LogP contribution in [0.5, 0.6) is 0 Å². The zero-order chi connectivity index (χ0) is 17.8. The molecule has 0 saturated heterocycles. The summed E-state index contributed by atoms with van der Waals surface area (Å²) in [6.07, 6.45) is 0. The minimum Gasteiger partial charge on any atom is -0.395 e. The molecule has 1 amide bonds. The number of carbonyl (C=O) groups is 1. The van der Waals surface area contributed by atoms with Gasteiger partial charge in [-0.05, 0) is 25.1 Å². The number of nitro groups is 1. The van der Waals surface area contributed by atoms with Gasteiger partial charge in [0.05, 0.1) is 22.9 Å². The van der Waals surface area contributed by atoms with Crippen molar-refractivity contribution in [2.24, 2.45) is 4.99 Å². The predicted octanol–water partition coefficient (Wildman–Crippen LogP) is 2.98. The number of carbonyl (C=O) groups excluding carboxylic acids is 1. The molecule has 0 radical (unpaired) electrons. The maximum absolute atomic E-state index is 12.3. The molecule has 3 rings (SSSR count). The Bertz CT molecular complexity index is 985. The van der Waals surface area contributed by atoms with E-state index in [9.17, 15) is 14.9 Å². The first kappa shape index (κ1) is 17.1. The van der Waals surface area contributed by atoms with Crippen LogP contribution in [0.3, 0.4) is 0 Å². The number of para-hydroxylation sites is 1. The molecule has 0 fully saturated rings. The molecule has 0 bridgehead atoms. The summed E-state index contributed by atoms with van der Waals surface area (Å²) in [6, 6.07) is 10.1. The van der Waals surface area contributed by atoms with Crippen molar-refractivity contribution in [3.8, 4) is 0 Å². The zero-order valence-corrected chi connectivity index (χ0v) is 14.2. The van der Waals surface area contributed by atoms with Crippen molar-refractivity contribution < 1.29 is 18.9 Å². The van der Waals surface area contributed by atoms with E-state index in [-0.39, 0.29) is 5.76 Å². The predicted molar refractivity (Wildman–Crippen MR) is 91.6 cm³/mol. The number of hydrogen-bond acceptors (Lipinski definition) is 6. The van der Waals surface area contributed by atoms with Gasteiger partial charge in [0, 0.05) is 13.2 Å². The lowest BCUT2D eigenvalue weighted by molar-refractivity contribution is -0.402. The van der Waals surface area contributed by atoms with E-state index < -0.39 is 16.7 Å². The maximum Gasteiger partial charge on any atom is 0.433 e. The topological polar surface area (TPSA) is 99.9 Å². The summed E-state index contributed by atoms with van der Waals surface area (Å²) in [6.45, 7) is 3.55. The van der Waals surface area contributed by atoms with Crippen molar-refractivity contribution in [1.82, 2.24) is 4.57 Å². The molecular weight excluding hydrogens is 346 g/mol. The summed E-state index contributed by atoms with van der Waals surface area (Å²) in [5.74, 6) is -1.32. The lowest BCUT2D eigenvalue weighted by Gasteiger charge is -2.04. The van der Waals surface area contributed by atoms with E-state index in [2.05, 4.69) is 4.99 Å². The lowest BCUT2D eigenvalue weighted by atomic mass is 10.3. The van der Waals surface area contributed by atoms with Gasteiger partial charge >= 0.3 is 11.8 Å². The minimum absolute atomic E-state index is 0.166. The summed E-state index contributed by atoms with van der Waals surface area (Å²) < 4.78 is 13.2. The maximum atomic E-state index is 12.3. The third-order valence-electron chi connectivity index (χ3n) is 3.43. The third kappa shape index (κ3) is 3.67. The van der Waals surface area contributed by atoms with Crippen LogP contribution in [0, 0.1) is 10.1 Å². The fraction of sp³-hybridized carbons (Fsp3) is 0.250. The molecule has 8 nitrogen and oxygen atoms in total. The highest BCUT2D eigenvalue weighted by molar-refractivity contribution is 7.16. The minimum atomic E-state index is -0.696. The molecule has 0 aliphatic carbocycles. The van der Waals surface area contributed by atoms with Gasteiger partial charge in [-0.3, -0.25) is 14.9 Å². The first-order chi connectivity index (χ1) is 12.1. The SMILES string of the molecule is CCOCCn1c(=NC(=O)c2ccc([N+](=O)[O-])o2)sc2ccccc21. The summed E-state index contributed by atoms with van der Waals surface area (Å²) in [5.41, 5.74) is 0.948. The van der Waals surface area contributed by atoms with Crippen molar-refractivity contribution in [3.63, 3.8) is 0 Å². The van der Waals surface area contributed by atoms with Crippen LogP contribution >= 0.6 is 11.3 Å². The fourth-order valence-electron chi connectivity index (χ4n) is 2.31. The standard InChI is InChI=1S/C16H15N3O5S/c1-2-23-10-9-18-11-5-3-4-6-13(11)25-16(18)17-15(20)12-7-8-14(24-12)19(21)22/h3-8H,2,9-10H2,1H3. The molecule has 0 N–H and O–H groups in total. The largest absolute Gasteiger partial charge is 0.433 e. The molecule has 0 saturated carbocycles. The second-order valence-electron chi connectivity index (χ2n) is 5.01. The number of amides is 1. The van der Waals surface area contributed by atoms with Crippen LogP contribution in [0.2, 0.25) is 0 Å². The molecule has 25 heavy (non-hydrogen) atoms. The summed E-state index contributed by atoms with van der Waals surface area (Å²) >= 11 is 1.36. The number of aromatic nitrogens is 1. The highest BCUT2D eigenvalue weighted by Crippen LogP contribution is 2.18. The molecule has 2 heterocycles. The molecule has 0 spiro atoms. The Morgan fingerprint density at radius 3 is 2.88 bits per heavy atom. The molecule has 0 aliphatic heterocycles. The molecule has 0 atom stereocenters. The Hall–Kier alpha value is -2.78. The van der Waals surface area contributed by atoms with Crippen molar-refractivity contribution in [2.75, 3.05) is 13.2 Å². The van der Waals surface area contributed by atoms with Crippen molar-refractivity contribution in [3.05, 3.63) is 57.1 Å². The molecule has 0 unspecified atom stereocenters. The van der Waals surface area contributed by atoms with Gasteiger partial charge in [0.2, 0.25) is 5.76 Å². The van der Waals surface area contributed by atoms with Crippen LogP contribution in [-0.4, -0.2) is 28.6 Å². The molecule has 0 aliphatic rings. The summed E-state index contributed by atoms with van der Waals surface area (Å²) in [7, 11) is 0. The third-order valence-corrected chi connectivity index (χ3v) is 4.49. The first-order valence-electron chi connectivity index (χ1n) is 7.59. The second-order valence-corrected chi connectivity index (χ2v) is 6.02. The number of hydrogen-bond donors (Lipinski definition) is 0. The van der Waals surface area contributed by atoms with Gasteiger partial charge in [-0.25, -0.2) is 0 Å². The second kappa shape index (κ2) is 7.41. The van der Waals surface area contributed by atoms with Gasteiger partial charge < -0.3 is 13.7 Å². The molecule has 2 aromatic heterocycles. The van der Waals surface area contributed by atoms with E-state index in [1.165, 1.54) is 17.4 Å². The van der Waals surface area contributed by atoms with Crippen molar-refractivity contribution >= 4 is 33.3 Å². The summed E-state index contributed by atoms with van der Waals surface area (Å²) in [5, 5.41) is 10.7. The normalized spacial score (nSPS) is 12.0. The Morgan fingerprint density at radius 2 is 2.16 bits per heavy atom. The first-order valence-corrected chi connectivity index (χ1v) is 8.41. The van der Waals surface area contributed by atoms with Crippen molar-refractivity contribution in [1.29, 1.82) is 0 Å². The average Bonchev–Trinajstić information content (AvgIpc) is 3.21. The zero-order valence-electron chi connectivity index (χ0n) is 13.4. The lowest BCUT2D eigenvalue weighted by Crippen LogP contribution is -2.19. The molecule has 130 valence electrons. The number of benzene rings is 1. The fourth-order valence-corrected chi connectivity index (χ4v) is 3.36. The number of rotatable bonds is 6. The van der Waals surface area contributed by atoms with Crippen LogP contribution in [-0.2, 0) is 11.3 Å². The average molecular weight is 361 g/mol. The molecule has 3 aromatic rings. The Labute approximate surface area is 146 Å². The Kier molecular flexibility index (Phi) is 5.05. The number of ether oxygens (including phenoxy) is 1. The molecule has 9 heteroatoms. The van der Waals surface area contributed by atoms with Crippen molar-refractivity contribution in [2.45, 2.75) is 13.5 Å². The van der Waals surface area contributed by atoms with E-state index in [0.29, 0.717) is 24.6 Å². The molecule has 1 aromatic carbocycles. The van der Waals surface area contributed by atoms with Gasteiger partial charge in [0.25, 0.3) is 0 Å². The van der Waals surface area contributed by atoms with E-state index >= 15 is 0 Å². The van der Waals surface area contributed by atoms with Gasteiger partial charge in [0.15, 0.2) is 4.80 Å². The van der Waals surface area contributed by atoms with Gasteiger partial charge in [-0.2, -0.15) is 4.99 Å². The highest BCUT2D eigenvalue weighted by Gasteiger charge is 2.17. The Balaban J connectivity index is 2.00. The van der Waals surface area contributed by atoms with Crippen LogP contribution in [0.25, 0.3) is 10.2 Å². The van der Waals surface area contributed by atoms with Gasteiger partial charge in [-0.15, -0.1) is 0 Å². The van der Waals surface area contributed by atoms with Crippen LogP contribution in [0.15, 0.2) is 45.8 Å². The number of thiazole rings is 1. The van der Waals surface area contributed by atoms with E-state index in [0.717, 1.165) is 16.3 Å².